The fourth-order valence-corrected chi connectivity index (χ4v) is 2.00. The molecule has 0 heterocycles. The second kappa shape index (κ2) is 4.82. The molecule has 1 saturated carbocycles. The van der Waals surface area contributed by atoms with Crippen LogP contribution in [-0.4, -0.2) is 5.78 Å². The molecule has 0 saturated heterocycles. The molecule has 2 rings (SSSR count). The van der Waals surface area contributed by atoms with Gasteiger partial charge in [-0.15, -0.1) is 0 Å². The molecule has 16 heavy (non-hydrogen) atoms. The van der Waals surface area contributed by atoms with Gasteiger partial charge in [0.05, 0.1) is 0 Å². The Balaban J connectivity index is 1.97. The maximum Gasteiger partial charge on any atom is 0.163 e. The molecule has 0 atom stereocenters. The summed E-state index contributed by atoms with van der Waals surface area (Å²) in [6.45, 7) is 4.43. The molecule has 1 aromatic carbocycles. The van der Waals surface area contributed by atoms with Gasteiger partial charge in [-0.3, -0.25) is 4.79 Å². The van der Waals surface area contributed by atoms with Crippen LogP contribution in [0.5, 0.6) is 0 Å². The van der Waals surface area contributed by atoms with E-state index >= 15 is 0 Å². The molecule has 0 N–H and O–H groups in total. The van der Waals surface area contributed by atoms with Gasteiger partial charge in [0.15, 0.2) is 5.78 Å². The van der Waals surface area contributed by atoms with E-state index in [0.29, 0.717) is 17.6 Å². The first-order valence-corrected chi connectivity index (χ1v) is 6.27. The van der Waals surface area contributed by atoms with Gasteiger partial charge < -0.3 is 0 Å². The van der Waals surface area contributed by atoms with Crippen LogP contribution in [0.4, 0.5) is 0 Å². The Bertz CT molecular complexity index is 358. The van der Waals surface area contributed by atoms with E-state index in [1.54, 1.807) is 0 Å². The highest BCUT2D eigenvalue weighted by atomic mass is 16.1. The molecule has 1 aliphatic rings. The first-order chi connectivity index (χ1) is 7.65. The molecule has 0 radical (unpaired) electrons. The number of Topliss-reactive ketones (excluding diaryl/α,β-unsaturated/α-hetero) is 1. The number of hydrogen-bond donors (Lipinski definition) is 0. The summed E-state index contributed by atoms with van der Waals surface area (Å²) in [4.78, 5) is 11.8. The van der Waals surface area contributed by atoms with E-state index < -0.39 is 0 Å². The summed E-state index contributed by atoms with van der Waals surface area (Å²) in [6.07, 6.45) is 4.34. The van der Waals surface area contributed by atoms with Crippen molar-refractivity contribution in [3.63, 3.8) is 0 Å². The quantitative estimate of drug-likeness (QED) is 0.683. The van der Waals surface area contributed by atoms with Crippen molar-refractivity contribution in [2.45, 2.75) is 39.5 Å². The van der Waals surface area contributed by atoms with Crippen LogP contribution in [-0.2, 0) is 6.42 Å². The maximum absolute atomic E-state index is 11.8. The Kier molecular flexibility index (Phi) is 3.42. The molecule has 1 fully saturated rings. The molecule has 1 aliphatic carbocycles. The second-order valence-electron chi connectivity index (χ2n) is 5.37. The normalized spacial score (nSPS) is 15.4. The Morgan fingerprint density at radius 2 is 1.88 bits per heavy atom. The van der Waals surface area contributed by atoms with E-state index in [9.17, 15) is 4.79 Å². The van der Waals surface area contributed by atoms with Crippen molar-refractivity contribution in [1.82, 2.24) is 0 Å². The second-order valence-corrected chi connectivity index (χ2v) is 5.37. The largest absolute Gasteiger partial charge is 0.294 e. The fourth-order valence-electron chi connectivity index (χ4n) is 2.00. The molecule has 1 aromatic rings. The molecule has 1 nitrogen and oxygen atoms in total. The monoisotopic (exact) mass is 216 g/mol. The minimum absolute atomic E-state index is 0.318. The molecule has 1 heteroatoms. The molecular formula is C15H20O. The number of hydrogen-bond acceptors (Lipinski definition) is 1. The Morgan fingerprint density at radius 1 is 1.25 bits per heavy atom. The van der Waals surface area contributed by atoms with Crippen molar-refractivity contribution in [2.75, 3.05) is 0 Å². The third-order valence-electron chi connectivity index (χ3n) is 3.09. The fraction of sp³-hybridized carbons (Fsp3) is 0.533. The van der Waals surface area contributed by atoms with Crippen LogP contribution in [0.3, 0.4) is 0 Å². The van der Waals surface area contributed by atoms with Gasteiger partial charge in [-0.05, 0) is 36.7 Å². The van der Waals surface area contributed by atoms with Crippen LogP contribution in [0, 0.1) is 11.8 Å². The number of carbonyl (C=O) groups is 1. The zero-order valence-electron chi connectivity index (χ0n) is 10.2. The summed E-state index contributed by atoms with van der Waals surface area (Å²) >= 11 is 0. The Hall–Kier alpha value is -1.11. The SMILES string of the molecule is CC(C)Cc1ccc(C(=O)CC2CC2)cc1. The predicted molar refractivity (Wildman–Crippen MR) is 66.7 cm³/mol. The maximum atomic E-state index is 11.8. The van der Waals surface area contributed by atoms with E-state index in [1.165, 1.54) is 18.4 Å². The van der Waals surface area contributed by atoms with Crippen LogP contribution in [0.1, 0.15) is 49.0 Å². The van der Waals surface area contributed by atoms with Crippen molar-refractivity contribution in [2.24, 2.45) is 11.8 Å². The van der Waals surface area contributed by atoms with E-state index in [-0.39, 0.29) is 0 Å². The van der Waals surface area contributed by atoms with E-state index in [1.807, 2.05) is 12.1 Å². The first kappa shape index (κ1) is 11.4. The molecule has 0 aliphatic heterocycles. The lowest BCUT2D eigenvalue weighted by molar-refractivity contribution is 0.0976. The lowest BCUT2D eigenvalue weighted by Gasteiger charge is -2.05. The third-order valence-corrected chi connectivity index (χ3v) is 3.09. The summed E-state index contributed by atoms with van der Waals surface area (Å²) in [5.41, 5.74) is 2.22. The Morgan fingerprint density at radius 3 is 2.38 bits per heavy atom. The van der Waals surface area contributed by atoms with Crippen molar-refractivity contribution >= 4 is 5.78 Å². The molecule has 0 bridgehead atoms. The van der Waals surface area contributed by atoms with Crippen LogP contribution in [0.15, 0.2) is 24.3 Å². The van der Waals surface area contributed by atoms with Gasteiger partial charge in [0.1, 0.15) is 0 Å². The molecule has 86 valence electrons. The van der Waals surface area contributed by atoms with Crippen molar-refractivity contribution in [1.29, 1.82) is 0 Å². The van der Waals surface area contributed by atoms with E-state index in [0.717, 1.165) is 18.4 Å². The average molecular weight is 216 g/mol. The number of ketones is 1. The van der Waals surface area contributed by atoms with Crippen LogP contribution < -0.4 is 0 Å². The lowest BCUT2D eigenvalue weighted by atomic mass is 9.99. The molecule has 0 unspecified atom stereocenters. The number of benzene rings is 1. The lowest BCUT2D eigenvalue weighted by Crippen LogP contribution is -2.01. The highest BCUT2D eigenvalue weighted by Crippen LogP contribution is 2.33. The van der Waals surface area contributed by atoms with E-state index in [2.05, 4.69) is 26.0 Å². The van der Waals surface area contributed by atoms with Gasteiger partial charge in [-0.25, -0.2) is 0 Å². The molecule has 0 aromatic heterocycles. The third kappa shape index (κ3) is 3.19. The van der Waals surface area contributed by atoms with Crippen LogP contribution in [0.2, 0.25) is 0 Å². The summed E-state index contributed by atoms with van der Waals surface area (Å²) in [5, 5.41) is 0. The number of carbonyl (C=O) groups excluding carboxylic acids is 1. The smallest absolute Gasteiger partial charge is 0.163 e. The average Bonchev–Trinajstić information content (AvgIpc) is 3.01. The summed E-state index contributed by atoms with van der Waals surface area (Å²) < 4.78 is 0. The van der Waals surface area contributed by atoms with Gasteiger partial charge in [-0.1, -0.05) is 38.1 Å². The number of rotatable bonds is 5. The zero-order chi connectivity index (χ0) is 11.5. The van der Waals surface area contributed by atoms with Gasteiger partial charge >= 0.3 is 0 Å². The summed E-state index contributed by atoms with van der Waals surface area (Å²) in [5.74, 6) is 1.68. The van der Waals surface area contributed by atoms with Crippen molar-refractivity contribution < 1.29 is 4.79 Å². The van der Waals surface area contributed by atoms with Crippen LogP contribution in [0.25, 0.3) is 0 Å². The van der Waals surface area contributed by atoms with Crippen LogP contribution >= 0.6 is 0 Å². The minimum Gasteiger partial charge on any atom is -0.294 e. The topological polar surface area (TPSA) is 17.1 Å². The molecule has 0 amide bonds. The van der Waals surface area contributed by atoms with E-state index in [4.69, 9.17) is 0 Å². The van der Waals surface area contributed by atoms with Gasteiger partial charge in [-0.2, -0.15) is 0 Å². The van der Waals surface area contributed by atoms with Crippen molar-refractivity contribution in [3.05, 3.63) is 35.4 Å². The van der Waals surface area contributed by atoms with Gasteiger partial charge in [0.25, 0.3) is 0 Å². The Labute approximate surface area is 97.9 Å². The molecular weight excluding hydrogens is 196 g/mol. The molecule has 0 spiro atoms. The highest BCUT2D eigenvalue weighted by Gasteiger charge is 2.24. The standard InChI is InChI=1S/C15H20O/c1-11(2)9-12-5-7-14(8-6-12)15(16)10-13-3-4-13/h5-8,11,13H,3-4,9-10H2,1-2H3. The van der Waals surface area contributed by atoms with Crippen molar-refractivity contribution in [3.8, 4) is 0 Å². The summed E-state index contributed by atoms with van der Waals surface area (Å²) in [6, 6.07) is 8.17. The highest BCUT2D eigenvalue weighted by molar-refractivity contribution is 5.96. The zero-order valence-corrected chi connectivity index (χ0v) is 10.2. The summed E-state index contributed by atoms with van der Waals surface area (Å²) in [7, 11) is 0. The van der Waals surface area contributed by atoms with Gasteiger partial charge in [0.2, 0.25) is 0 Å². The predicted octanol–water partition coefficient (Wildman–Crippen LogP) is 3.87. The van der Waals surface area contributed by atoms with Gasteiger partial charge in [0, 0.05) is 12.0 Å². The minimum atomic E-state index is 0.318. The first-order valence-electron chi connectivity index (χ1n) is 6.27.